The molecule has 98 valence electrons. The zero-order chi connectivity index (χ0) is 13.2. The molecule has 6 heteroatoms. The van der Waals surface area contributed by atoms with Gasteiger partial charge in [-0.1, -0.05) is 16.6 Å². The minimum atomic E-state index is -0.152. The van der Waals surface area contributed by atoms with Gasteiger partial charge in [-0.15, -0.1) is 5.10 Å². The molecular formula is C13H15N5S. The van der Waals surface area contributed by atoms with Crippen LogP contribution in [-0.2, 0) is 13.0 Å². The fourth-order valence-electron chi connectivity index (χ4n) is 2.27. The topological polar surface area (TPSA) is 69.6 Å². The van der Waals surface area contributed by atoms with E-state index in [4.69, 9.17) is 5.73 Å². The Bertz CT molecular complexity index is 673. The van der Waals surface area contributed by atoms with Gasteiger partial charge in [-0.3, -0.25) is 0 Å². The van der Waals surface area contributed by atoms with E-state index >= 15 is 0 Å². The molecule has 0 bridgehead atoms. The number of imidazole rings is 1. The Kier molecular flexibility index (Phi) is 3.27. The van der Waals surface area contributed by atoms with Gasteiger partial charge in [0.1, 0.15) is 5.82 Å². The van der Waals surface area contributed by atoms with E-state index in [9.17, 15) is 0 Å². The molecule has 0 aliphatic heterocycles. The van der Waals surface area contributed by atoms with Gasteiger partial charge in [-0.25, -0.2) is 4.98 Å². The van der Waals surface area contributed by atoms with Gasteiger partial charge in [0.25, 0.3) is 0 Å². The predicted octanol–water partition coefficient (Wildman–Crippen LogP) is 2.15. The van der Waals surface area contributed by atoms with Crippen molar-refractivity contribution in [1.29, 1.82) is 0 Å². The summed E-state index contributed by atoms with van der Waals surface area (Å²) in [6.07, 6.45) is 0.675. The van der Waals surface area contributed by atoms with Crippen LogP contribution in [0.15, 0.2) is 29.6 Å². The summed E-state index contributed by atoms with van der Waals surface area (Å²) in [6.45, 7) is 3.01. The van der Waals surface area contributed by atoms with Crippen LogP contribution >= 0.6 is 11.5 Å². The number of aryl methyl sites for hydroxylation is 1. The van der Waals surface area contributed by atoms with Gasteiger partial charge in [-0.2, -0.15) is 0 Å². The van der Waals surface area contributed by atoms with Crippen molar-refractivity contribution in [2.24, 2.45) is 5.73 Å². The maximum atomic E-state index is 6.17. The summed E-state index contributed by atoms with van der Waals surface area (Å²) in [7, 11) is 0. The Morgan fingerprint density at radius 3 is 2.95 bits per heavy atom. The summed E-state index contributed by atoms with van der Waals surface area (Å²) in [5.74, 6) is 1.00. The van der Waals surface area contributed by atoms with Gasteiger partial charge < -0.3 is 10.3 Å². The number of rotatable bonds is 4. The highest BCUT2D eigenvalue weighted by atomic mass is 32.1. The van der Waals surface area contributed by atoms with E-state index in [1.807, 2.05) is 23.6 Å². The zero-order valence-corrected chi connectivity index (χ0v) is 11.5. The van der Waals surface area contributed by atoms with Crippen LogP contribution in [0.3, 0.4) is 0 Å². The van der Waals surface area contributed by atoms with Crippen molar-refractivity contribution >= 4 is 22.6 Å². The minimum Gasteiger partial charge on any atom is -0.328 e. The van der Waals surface area contributed by atoms with Crippen molar-refractivity contribution in [2.45, 2.75) is 25.9 Å². The summed E-state index contributed by atoms with van der Waals surface area (Å²) in [6, 6.07) is 8.00. The lowest BCUT2D eigenvalue weighted by atomic mass is 10.1. The maximum Gasteiger partial charge on any atom is 0.111 e. The third-order valence-electron chi connectivity index (χ3n) is 3.21. The second-order valence-electron chi connectivity index (χ2n) is 4.40. The van der Waals surface area contributed by atoms with Crippen LogP contribution in [0.4, 0.5) is 0 Å². The number of benzene rings is 1. The molecule has 0 saturated carbocycles. The average Bonchev–Trinajstić information content (AvgIpc) is 3.05. The molecule has 0 spiro atoms. The summed E-state index contributed by atoms with van der Waals surface area (Å²) in [5.41, 5.74) is 9.17. The quantitative estimate of drug-likeness (QED) is 0.790. The third kappa shape index (κ3) is 2.24. The highest BCUT2D eigenvalue weighted by molar-refractivity contribution is 7.03. The molecule has 0 saturated heterocycles. The highest BCUT2D eigenvalue weighted by Gasteiger charge is 2.15. The minimum absolute atomic E-state index is 0.152. The lowest BCUT2D eigenvalue weighted by Gasteiger charge is -2.10. The van der Waals surface area contributed by atoms with Crippen molar-refractivity contribution in [1.82, 2.24) is 19.1 Å². The first-order chi connectivity index (χ1) is 9.29. The van der Waals surface area contributed by atoms with Crippen LogP contribution in [-0.4, -0.2) is 19.1 Å². The Balaban J connectivity index is 1.96. The first kappa shape index (κ1) is 12.3. The fourth-order valence-corrected chi connectivity index (χ4v) is 2.79. The van der Waals surface area contributed by atoms with E-state index in [1.54, 1.807) is 0 Å². The Labute approximate surface area is 115 Å². The van der Waals surface area contributed by atoms with Crippen LogP contribution in [0, 0.1) is 0 Å². The second-order valence-corrected chi connectivity index (χ2v) is 5.01. The molecule has 19 heavy (non-hydrogen) atoms. The van der Waals surface area contributed by atoms with Crippen LogP contribution in [0.5, 0.6) is 0 Å². The molecule has 0 radical (unpaired) electrons. The first-order valence-electron chi connectivity index (χ1n) is 6.26. The van der Waals surface area contributed by atoms with Gasteiger partial charge in [-0.05, 0) is 30.6 Å². The number of fused-ring (bicyclic) bond motifs is 1. The van der Waals surface area contributed by atoms with Crippen molar-refractivity contribution in [3.05, 3.63) is 41.2 Å². The second kappa shape index (κ2) is 5.07. The van der Waals surface area contributed by atoms with Gasteiger partial charge >= 0.3 is 0 Å². The maximum absolute atomic E-state index is 6.17. The van der Waals surface area contributed by atoms with Crippen LogP contribution in [0.2, 0.25) is 0 Å². The van der Waals surface area contributed by atoms with Gasteiger partial charge in [0.2, 0.25) is 0 Å². The lowest BCUT2D eigenvalue weighted by Crippen LogP contribution is -2.16. The van der Waals surface area contributed by atoms with Crippen LogP contribution in [0.1, 0.15) is 24.5 Å². The van der Waals surface area contributed by atoms with Gasteiger partial charge in [0.15, 0.2) is 0 Å². The van der Waals surface area contributed by atoms with Crippen molar-refractivity contribution in [3.63, 3.8) is 0 Å². The molecule has 0 amide bonds. The monoisotopic (exact) mass is 273 g/mol. The largest absolute Gasteiger partial charge is 0.328 e. The molecule has 0 fully saturated rings. The van der Waals surface area contributed by atoms with E-state index in [-0.39, 0.29) is 6.04 Å². The summed E-state index contributed by atoms with van der Waals surface area (Å²) < 4.78 is 6.06. The fraction of sp³-hybridized carbons (Fsp3) is 0.308. The van der Waals surface area contributed by atoms with E-state index in [2.05, 4.69) is 32.1 Å². The van der Waals surface area contributed by atoms with Crippen molar-refractivity contribution in [3.8, 4) is 0 Å². The van der Waals surface area contributed by atoms with Crippen LogP contribution < -0.4 is 5.73 Å². The van der Waals surface area contributed by atoms with Crippen LogP contribution in [0.25, 0.3) is 11.0 Å². The molecule has 2 heterocycles. The van der Waals surface area contributed by atoms with E-state index in [0.717, 1.165) is 29.1 Å². The number of para-hydroxylation sites is 2. The van der Waals surface area contributed by atoms with E-state index in [0.29, 0.717) is 6.42 Å². The Hall–Kier alpha value is -1.79. The number of nitrogens with zero attached hydrogens (tertiary/aromatic N) is 4. The Morgan fingerprint density at radius 2 is 2.21 bits per heavy atom. The highest BCUT2D eigenvalue weighted by Crippen LogP contribution is 2.20. The number of nitrogens with two attached hydrogens (primary N) is 1. The standard InChI is InChI=1S/C13H15N5S/c1-2-18-12-6-4-3-5-10(12)15-13(18)7-9(14)11-8-19-17-16-11/h3-6,8-9H,2,7,14H2,1H3. The molecule has 3 aromatic rings. The van der Waals surface area contributed by atoms with Gasteiger partial charge in [0, 0.05) is 18.3 Å². The normalized spacial score (nSPS) is 12.9. The third-order valence-corrected chi connectivity index (χ3v) is 3.73. The smallest absolute Gasteiger partial charge is 0.111 e. The zero-order valence-electron chi connectivity index (χ0n) is 10.7. The average molecular weight is 273 g/mol. The Morgan fingerprint density at radius 1 is 1.37 bits per heavy atom. The number of hydrogen-bond acceptors (Lipinski definition) is 5. The lowest BCUT2D eigenvalue weighted by molar-refractivity contribution is 0.624. The molecule has 0 aliphatic carbocycles. The van der Waals surface area contributed by atoms with Crippen molar-refractivity contribution in [2.75, 3.05) is 0 Å². The molecule has 3 rings (SSSR count). The van der Waals surface area contributed by atoms with Crippen molar-refractivity contribution < 1.29 is 0 Å². The number of aromatic nitrogens is 4. The van der Waals surface area contributed by atoms with E-state index < -0.39 is 0 Å². The first-order valence-corrected chi connectivity index (χ1v) is 7.10. The summed E-state index contributed by atoms with van der Waals surface area (Å²) in [4.78, 5) is 4.67. The summed E-state index contributed by atoms with van der Waals surface area (Å²) >= 11 is 1.33. The molecule has 5 nitrogen and oxygen atoms in total. The van der Waals surface area contributed by atoms with E-state index in [1.165, 1.54) is 11.5 Å². The predicted molar refractivity (Wildman–Crippen MR) is 75.9 cm³/mol. The molecule has 2 N–H and O–H groups in total. The molecular weight excluding hydrogens is 258 g/mol. The molecule has 1 unspecified atom stereocenters. The number of hydrogen-bond donors (Lipinski definition) is 1. The molecule has 0 aliphatic rings. The molecule has 1 atom stereocenters. The van der Waals surface area contributed by atoms with Gasteiger partial charge in [0.05, 0.1) is 22.8 Å². The molecule has 2 aromatic heterocycles. The summed E-state index contributed by atoms with van der Waals surface area (Å²) in [5, 5.41) is 5.92. The molecule has 1 aromatic carbocycles. The SMILES string of the molecule is CCn1c(CC(N)c2csnn2)nc2ccccc21.